The number of hydrogen-bond donors (Lipinski definition) is 2. The van der Waals surface area contributed by atoms with Crippen LogP contribution in [-0.4, -0.2) is 26.0 Å². The van der Waals surface area contributed by atoms with Gasteiger partial charge in [-0.3, -0.25) is 4.79 Å². The zero-order valence-corrected chi connectivity index (χ0v) is 10.4. The Balaban J connectivity index is 2.39. The van der Waals surface area contributed by atoms with Gasteiger partial charge in [0.25, 0.3) is 5.91 Å². The van der Waals surface area contributed by atoms with Gasteiger partial charge in [-0.15, -0.1) is 0 Å². The molecule has 0 saturated heterocycles. The first-order valence-corrected chi connectivity index (χ1v) is 5.73. The van der Waals surface area contributed by atoms with Gasteiger partial charge in [0.05, 0.1) is 26.1 Å². The van der Waals surface area contributed by atoms with Crippen LogP contribution < -0.4 is 10.2 Å². The number of quaternary nitrogens is 1. The lowest BCUT2D eigenvalue weighted by atomic mass is 10.3. The van der Waals surface area contributed by atoms with Crippen LogP contribution >= 0.6 is 11.6 Å². The van der Waals surface area contributed by atoms with E-state index in [1.54, 1.807) is 24.3 Å². The Hall–Kier alpha value is -1.57. The highest BCUT2D eigenvalue weighted by molar-refractivity contribution is 6.30. The Morgan fingerprint density at radius 2 is 2.12 bits per heavy atom. The molecule has 1 rings (SSSR count). The fourth-order valence-corrected chi connectivity index (χ4v) is 1.50. The molecule has 1 unspecified atom stereocenters. The van der Waals surface area contributed by atoms with Gasteiger partial charge in [0.15, 0.2) is 6.54 Å². The Labute approximate surface area is 106 Å². The second kappa shape index (κ2) is 6.89. The average Bonchev–Trinajstić information content (AvgIpc) is 2.29. The number of hydrogen-bond acceptors (Lipinski definition) is 2. The summed E-state index contributed by atoms with van der Waals surface area (Å²) in [5.41, 5.74) is 0.729. The molecule has 90 valence electrons. The molecule has 17 heavy (non-hydrogen) atoms. The summed E-state index contributed by atoms with van der Waals surface area (Å²) in [6.45, 7) is 1.02. The van der Waals surface area contributed by atoms with Gasteiger partial charge in [-0.25, -0.2) is 0 Å². The van der Waals surface area contributed by atoms with Crippen molar-refractivity contribution < 1.29 is 9.69 Å². The Morgan fingerprint density at radius 3 is 2.71 bits per heavy atom. The Kier molecular flexibility index (Phi) is 5.47. The predicted octanol–water partition coefficient (Wildman–Crippen LogP) is 0.707. The van der Waals surface area contributed by atoms with E-state index >= 15 is 0 Å². The number of nitrogens with one attached hydrogen (secondary N) is 2. The molecule has 0 aromatic heterocycles. The smallest absolute Gasteiger partial charge is 0.279 e. The molecule has 1 atom stereocenters. The molecule has 0 fully saturated rings. The van der Waals surface area contributed by atoms with Crippen molar-refractivity contribution in [2.24, 2.45) is 0 Å². The van der Waals surface area contributed by atoms with E-state index in [-0.39, 0.29) is 5.91 Å². The fourth-order valence-electron chi connectivity index (χ4n) is 1.37. The summed E-state index contributed by atoms with van der Waals surface area (Å²) in [4.78, 5) is 12.6. The minimum absolute atomic E-state index is 0.0669. The summed E-state index contributed by atoms with van der Waals surface area (Å²) in [6, 6.07) is 9.02. The lowest BCUT2D eigenvalue weighted by molar-refractivity contribution is -0.870. The van der Waals surface area contributed by atoms with Crippen LogP contribution in [0.1, 0.15) is 6.42 Å². The topological polar surface area (TPSA) is 57.3 Å². The van der Waals surface area contributed by atoms with E-state index in [0.29, 0.717) is 24.5 Å². The molecule has 0 aliphatic carbocycles. The molecule has 0 spiro atoms. The van der Waals surface area contributed by atoms with E-state index in [0.717, 1.165) is 10.6 Å². The van der Waals surface area contributed by atoms with Gasteiger partial charge in [-0.1, -0.05) is 11.6 Å². The van der Waals surface area contributed by atoms with Crippen molar-refractivity contribution in [1.82, 2.24) is 0 Å². The van der Waals surface area contributed by atoms with Crippen molar-refractivity contribution >= 4 is 23.2 Å². The third-order valence-corrected chi connectivity index (χ3v) is 2.51. The minimum Gasteiger partial charge on any atom is -0.329 e. The van der Waals surface area contributed by atoms with E-state index < -0.39 is 0 Å². The van der Waals surface area contributed by atoms with Crippen molar-refractivity contribution in [1.29, 1.82) is 5.26 Å². The number of rotatable bonds is 5. The van der Waals surface area contributed by atoms with Crippen LogP contribution in [0.2, 0.25) is 5.02 Å². The van der Waals surface area contributed by atoms with Crippen LogP contribution in [0.25, 0.3) is 0 Å². The molecular formula is C12H15ClN3O+. The zero-order chi connectivity index (χ0) is 12.7. The molecule has 2 N–H and O–H groups in total. The van der Waals surface area contributed by atoms with E-state index in [9.17, 15) is 4.79 Å². The fraction of sp³-hybridized carbons (Fsp3) is 0.333. The van der Waals surface area contributed by atoms with Crippen LogP contribution in [0.3, 0.4) is 0 Å². The number of carbonyl (C=O) groups excluding carboxylic acids is 1. The van der Waals surface area contributed by atoms with Crippen molar-refractivity contribution in [2.75, 3.05) is 25.5 Å². The van der Waals surface area contributed by atoms with E-state index in [1.807, 2.05) is 7.05 Å². The number of halogens is 1. The second-order valence-corrected chi connectivity index (χ2v) is 4.28. The quantitative estimate of drug-likeness (QED) is 0.811. The van der Waals surface area contributed by atoms with Gasteiger partial charge in [0.1, 0.15) is 0 Å². The third-order valence-electron chi connectivity index (χ3n) is 2.25. The molecule has 5 heteroatoms. The molecule has 1 aromatic carbocycles. The molecule has 0 radical (unpaired) electrons. The van der Waals surface area contributed by atoms with Crippen LogP contribution in [0.4, 0.5) is 5.69 Å². The molecular weight excluding hydrogens is 238 g/mol. The average molecular weight is 253 g/mol. The van der Waals surface area contributed by atoms with Gasteiger partial charge < -0.3 is 10.2 Å². The van der Waals surface area contributed by atoms with Crippen molar-refractivity contribution in [3.8, 4) is 6.07 Å². The first-order chi connectivity index (χ1) is 8.11. The number of anilines is 1. The van der Waals surface area contributed by atoms with E-state index in [2.05, 4.69) is 11.4 Å². The zero-order valence-electron chi connectivity index (χ0n) is 9.66. The molecule has 0 bridgehead atoms. The lowest BCUT2D eigenvalue weighted by Crippen LogP contribution is -3.10. The maximum absolute atomic E-state index is 11.6. The van der Waals surface area contributed by atoms with Crippen LogP contribution in [0.5, 0.6) is 0 Å². The summed E-state index contributed by atoms with van der Waals surface area (Å²) < 4.78 is 0. The maximum atomic E-state index is 11.6. The Morgan fingerprint density at radius 1 is 1.47 bits per heavy atom. The summed E-state index contributed by atoms with van der Waals surface area (Å²) in [6.07, 6.45) is 0.458. The Bertz CT molecular complexity index is 411. The normalized spacial score (nSPS) is 11.6. The highest BCUT2D eigenvalue weighted by atomic mass is 35.5. The minimum atomic E-state index is -0.0669. The van der Waals surface area contributed by atoms with Gasteiger partial charge >= 0.3 is 0 Å². The third kappa shape index (κ3) is 5.34. The molecule has 0 aliphatic rings. The van der Waals surface area contributed by atoms with Crippen molar-refractivity contribution in [2.45, 2.75) is 6.42 Å². The van der Waals surface area contributed by atoms with E-state index in [4.69, 9.17) is 16.9 Å². The monoisotopic (exact) mass is 252 g/mol. The maximum Gasteiger partial charge on any atom is 0.279 e. The van der Waals surface area contributed by atoms with Gasteiger partial charge in [0.2, 0.25) is 0 Å². The van der Waals surface area contributed by atoms with Gasteiger partial charge in [-0.2, -0.15) is 5.26 Å². The first kappa shape index (κ1) is 13.5. The van der Waals surface area contributed by atoms with Crippen LogP contribution in [0, 0.1) is 11.3 Å². The molecule has 1 amide bonds. The second-order valence-electron chi connectivity index (χ2n) is 3.85. The lowest BCUT2D eigenvalue weighted by Gasteiger charge is -2.12. The van der Waals surface area contributed by atoms with Crippen LogP contribution in [0.15, 0.2) is 24.3 Å². The number of nitrogens with zero attached hydrogens (tertiary/aromatic N) is 1. The predicted molar refractivity (Wildman–Crippen MR) is 66.9 cm³/mol. The van der Waals surface area contributed by atoms with E-state index in [1.165, 1.54) is 0 Å². The van der Waals surface area contributed by atoms with Gasteiger partial charge in [0, 0.05) is 10.7 Å². The van der Waals surface area contributed by atoms with Crippen molar-refractivity contribution in [3.05, 3.63) is 29.3 Å². The summed E-state index contributed by atoms with van der Waals surface area (Å²) >= 11 is 5.74. The number of benzene rings is 1. The molecule has 0 saturated carbocycles. The van der Waals surface area contributed by atoms with Gasteiger partial charge in [-0.05, 0) is 24.3 Å². The number of carbonyl (C=O) groups is 1. The molecule has 4 nitrogen and oxygen atoms in total. The first-order valence-electron chi connectivity index (χ1n) is 5.35. The van der Waals surface area contributed by atoms with Crippen LogP contribution in [-0.2, 0) is 4.79 Å². The molecule has 0 aliphatic heterocycles. The van der Waals surface area contributed by atoms with Crippen molar-refractivity contribution in [3.63, 3.8) is 0 Å². The summed E-state index contributed by atoms with van der Waals surface area (Å²) in [5, 5.41) is 11.8. The number of likely N-dealkylation sites (N-methyl/N-ethyl adjacent to an activating group) is 1. The molecule has 0 heterocycles. The number of amides is 1. The number of nitriles is 1. The summed E-state index contributed by atoms with van der Waals surface area (Å²) in [7, 11) is 1.89. The standard InChI is InChI=1S/C12H14ClN3O/c1-16(8-2-7-14)9-12(17)15-11-5-3-10(13)4-6-11/h3-6H,2,8-9H2,1H3,(H,15,17)/p+1. The SMILES string of the molecule is C[NH+](CCC#N)CC(=O)Nc1ccc(Cl)cc1. The largest absolute Gasteiger partial charge is 0.329 e. The highest BCUT2D eigenvalue weighted by Crippen LogP contribution is 2.12. The molecule has 1 aromatic rings. The summed E-state index contributed by atoms with van der Waals surface area (Å²) in [5.74, 6) is -0.0669. The highest BCUT2D eigenvalue weighted by Gasteiger charge is 2.09.